The van der Waals surface area contributed by atoms with Crippen LogP contribution < -0.4 is 4.74 Å². The zero-order valence-corrected chi connectivity index (χ0v) is 11.5. The van der Waals surface area contributed by atoms with E-state index in [-0.39, 0.29) is 11.9 Å². The number of rotatable bonds is 3. The van der Waals surface area contributed by atoms with Crippen LogP contribution >= 0.6 is 11.6 Å². The molecule has 1 N–H and O–H groups in total. The third-order valence-electron chi connectivity index (χ3n) is 2.97. The summed E-state index contributed by atoms with van der Waals surface area (Å²) in [4.78, 5) is 7.46. The van der Waals surface area contributed by atoms with Crippen molar-refractivity contribution in [3.63, 3.8) is 0 Å². The summed E-state index contributed by atoms with van der Waals surface area (Å²) < 4.78 is 18.9. The van der Waals surface area contributed by atoms with Gasteiger partial charge in [-0.05, 0) is 49.4 Å². The smallest absolute Gasteiger partial charge is 0.153 e. The quantitative estimate of drug-likeness (QED) is 0.771. The largest absolute Gasteiger partial charge is 0.483 e. The predicted octanol–water partition coefficient (Wildman–Crippen LogP) is 4.50. The maximum atomic E-state index is 13.1. The number of nitrogens with zero attached hydrogens (tertiary/aromatic N) is 1. The van der Waals surface area contributed by atoms with Gasteiger partial charge in [0.25, 0.3) is 0 Å². The van der Waals surface area contributed by atoms with Crippen molar-refractivity contribution in [1.82, 2.24) is 9.97 Å². The fraction of sp³-hybridized carbons (Fsp3) is 0.133. The number of H-pyrrole nitrogens is 1. The number of hydrogen-bond acceptors (Lipinski definition) is 2. The summed E-state index contributed by atoms with van der Waals surface area (Å²) in [5, 5.41) is 0.657. The predicted molar refractivity (Wildman–Crippen MR) is 76.5 cm³/mol. The molecule has 20 heavy (non-hydrogen) atoms. The maximum absolute atomic E-state index is 13.1. The van der Waals surface area contributed by atoms with Gasteiger partial charge in [0.2, 0.25) is 0 Å². The molecule has 0 unspecified atom stereocenters. The Bertz CT molecular complexity index is 739. The second-order valence-corrected chi connectivity index (χ2v) is 4.93. The Morgan fingerprint density at radius 2 is 1.95 bits per heavy atom. The van der Waals surface area contributed by atoms with Crippen molar-refractivity contribution in [2.75, 3.05) is 0 Å². The number of nitrogens with one attached hydrogen (secondary N) is 1. The highest BCUT2D eigenvalue weighted by Gasteiger charge is 2.12. The molecule has 1 aromatic heterocycles. The molecule has 5 heteroatoms. The van der Waals surface area contributed by atoms with Gasteiger partial charge in [-0.15, -0.1) is 0 Å². The number of hydrogen-bond donors (Lipinski definition) is 1. The third kappa shape index (κ3) is 2.60. The molecule has 0 aliphatic carbocycles. The van der Waals surface area contributed by atoms with Crippen LogP contribution in [-0.2, 0) is 0 Å². The van der Waals surface area contributed by atoms with E-state index in [1.54, 1.807) is 30.3 Å². The Morgan fingerprint density at radius 1 is 1.20 bits per heavy atom. The van der Waals surface area contributed by atoms with Crippen LogP contribution in [0.15, 0.2) is 42.5 Å². The summed E-state index contributed by atoms with van der Waals surface area (Å²) in [5.74, 6) is 1.06. The lowest BCUT2D eigenvalue weighted by molar-refractivity contribution is 0.218. The number of halogens is 2. The Morgan fingerprint density at radius 3 is 2.70 bits per heavy atom. The van der Waals surface area contributed by atoms with Gasteiger partial charge in [0.05, 0.1) is 11.0 Å². The van der Waals surface area contributed by atoms with Crippen molar-refractivity contribution in [3.8, 4) is 5.75 Å². The van der Waals surface area contributed by atoms with Gasteiger partial charge in [0.1, 0.15) is 17.4 Å². The van der Waals surface area contributed by atoms with Gasteiger partial charge in [-0.2, -0.15) is 0 Å². The molecule has 0 aliphatic rings. The molecular formula is C15H12ClFN2O. The average molecular weight is 291 g/mol. The lowest BCUT2D eigenvalue weighted by atomic mass is 10.3. The minimum absolute atomic E-state index is 0.272. The van der Waals surface area contributed by atoms with Crippen molar-refractivity contribution < 1.29 is 9.13 Å². The molecule has 0 amide bonds. The highest BCUT2D eigenvalue weighted by Crippen LogP contribution is 2.23. The second-order valence-electron chi connectivity index (χ2n) is 4.50. The van der Waals surface area contributed by atoms with Gasteiger partial charge in [0, 0.05) is 5.02 Å². The molecule has 0 saturated carbocycles. The summed E-state index contributed by atoms with van der Waals surface area (Å²) in [5.41, 5.74) is 1.37. The first-order chi connectivity index (χ1) is 9.61. The van der Waals surface area contributed by atoms with Crippen molar-refractivity contribution >= 4 is 22.6 Å². The lowest BCUT2D eigenvalue weighted by Crippen LogP contribution is -2.04. The molecule has 3 rings (SSSR count). The van der Waals surface area contributed by atoms with Gasteiger partial charge in [-0.25, -0.2) is 9.37 Å². The second kappa shape index (κ2) is 5.13. The number of imidazole rings is 1. The Kier molecular flexibility index (Phi) is 3.32. The van der Waals surface area contributed by atoms with Crippen LogP contribution in [0.5, 0.6) is 5.75 Å². The molecule has 2 aromatic carbocycles. The van der Waals surface area contributed by atoms with E-state index in [1.165, 1.54) is 12.1 Å². The van der Waals surface area contributed by atoms with E-state index in [4.69, 9.17) is 16.3 Å². The highest BCUT2D eigenvalue weighted by atomic mass is 35.5. The van der Waals surface area contributed by atoms with E-state index < -0.39 is 0 Å². The molecule has 102 valence electrons. The zero-order chi connectivity index (χ0) is 14.1. The summed E-state index contributed by atoms with van der Waals surface area (Å²) in [6.07, 6.45) is -0.272. The molecule has 0 radical (unpaired) electrons. The number of fused-ring (bicyclic) bond motifs is 1. The van der Waals surface area contributed by atoms with Gasteiger partial charge in [-0.3, -0.25) is 0 Å². The summed E-state index contributed by atoms with van der Waals surface area (Å²) in [7, 11) is 0. The minimum Gasteiger partial charge on any atom is -0.483 e. The first-order valence-electron chi connectivity index (χ1n) is 6.19. The Balaban J connectivity index is 1.84. The average Bonchev–Trinajstić information content (AvgIpc) is 2.84. The third-order valence-corrected chi connectivity index (χ3v) is 3.23. The van der Waals surface area contributed by atoms with Crippen molar-refractivity contribution in [2.45, 2.75) is 13.0 Å². The lowest BCUT2D eigenvalue weighted by Gasteiger charge is -2.12. The molecule has 0 saturated heterocycles. The highest BCUT2D eigenvalue weighted by molar-refractivity contribution is 6.30. The summed E-state index contributed by atoms with van der Waals surface area (Å²) in [6, 6.07) is 11.6. The van der Waals surface area contributed by atoms with E-state index >= 15 is 0 Å². The summed E-state index contributed by atoms with van der Waals surface area (Å²) >= 11 is 5.82. The first kappa shape index (κ1) is 12.9. The van der Waals surface area contributed by atoms with Crippen LogP contribution in [0.25, 0.3) is 11.0 Å². The van der Waals surface area contributed by atoms with Crippen LogP contribution in [0, 0.1) is 5.82 Å². The Labute approximate surface area is 120 Å². The monoisotopic (exact) mass is 290 g/mol. The van der Waals surface area contributed by atoms with Gasteiger partial charge in [-0.1, -0.05) is 11.6 Å². The number of aromatic amines is 1. The normalized spacial score (nSPS) is 12.6. The number of aromatic nitrogens is 2. The van der Waals surface area contributed by atoms with Crippen LogP contribution in [0.4, 0.5) is 4.39 Å². The molecule has 0 fully saturated rings. The van der Waals surface area contributed by atoms with Gasteiger partial charge in [0.15, 0.2) is 6.10 Å². The molecule has 3 aromatic rings. The number of ether oxygens (including phenoxy) is 1. The summed E-state index contributed by atoms with van der Waals surface area (Å²) in [6.45, 7) is 1.88. The minimum atomic E-state index is -0.293. The van der Waals surface area contributed by atoms with Crippen molar-refractivity contribution in [1.29, 1.82) is 0 Å². The molecule has 1 heterocycles. The fourth-order valence-corrected chi connectivity index (χ4v) is 2.09. The molecule has 0 aliphatic heterocycles. The van der Waals surface area contributed by atoms with E-state index in [0.717, 1.165) is 0 Å². The van der Waals surface area contributed by atoms with E-state index in [0.29, 0.717) is 27.6 Å². The van der Waals surface area contributed by atoms with E-state index in [1.807, 2.05) is 6.92 Å². The fourth-order valence-electron chi connectivity index (χ4n) is 1.97. The molecule has 1 atom stereocenters. The molecule has 0 bridgehead atoms. The van der Waals surface area contributed by atoms with Crippen LogP contribution in [0.2, 0.25) is 5.02 Å². The van der Waals surface area contributed by atoms with E-state index in [2.05, 4.69) is 9.97 Å². The van der Waals surface area contributed by atoms with Crippen LogP contribution in [0.3, 0.4) is 0 Å². The molecular weight excluding hydrogens is 279 g/mol. The van der Waals surface area contributed by atoms with Crippen LogP contribution in [-0.4, -0.2) is 9.97 Å². The van der Waals surface area contributed by atoms with Crippen LogP contribution in [0.1, 0.15) is 18.9 Å². The van der Waals surface area contributed by atoms with E-state index in [9.17, 15) is 4.39 Å². The SMILES string of the molecule is C[C@@H](Oc1ccc(Cl)cc1)c1nc2ccc(F)cc2[nH]1. The zero-order valence-electron chi connectivity index (χ0n) is 10.7. The number of benzene rings is 2. The molecule has 3 nitrogen and oxygen atoms in total. The first-order valence-corrected chi connectivity index (χ1v) is 6.57. The Hall–Kier alpha value is -2.07. The standard InChI is InChI=1S/C15H12ClFN2O/c1-9(20-12-5-2-10(16)3-6-12)15-18-13-7-4-11(17)8-14(13)19-15/h2-9H,1H3,(H,18,19)/t9-/m1/s1. The van der Waals surface area contributed by atoms with Gasteiger partial charge < -0.3 is 9.72 Å². The van der Waals surface area contributed by atoms with Gasteiger partial charge >= 0.3 is 0 Å². The van der Waals surface area contributed by atoms with Crippen molar-refractivity contribution in [3.05, 3.63) is 59.1 Å². The molecule has 0 spiro atoms. The maximum Gasteiger partial charge on any atom is 0.153 e. The topological polar surface area (TPSA) is 37.9 Å². The van der Waals surface area contributed by atoms with Crippen molar-refractivity contribution in [2.24, 2.45) is 0 Å².